The molecule has 0 aliphatic carbocycles. The lowest BCUT2D eigenvalue weighted by Gasteiger charge is -2.16. The SMILES string of the molecule is C1CSC(NC2CCCS2)C1. The van der Waals surface area contributed by atoms with Gasteiger partial charge in [-0.05, 0) is 37.2 Å². The van der Waals surface area contributed by atoms with Gasteiger partial charge in [0.15, 0.2) is 0 Å². The molecule has 0 aromatic heterocycles. The van der Waals surface area contributed by atoms with Crippen LogP contribution in [0.25, 0.3) is 0 Å². The molecule has 0 aromatic rings. The molecule has 0 spiro atoms. The van der Waals surface area contributed by atoms with Gasteiger partial charge in [0.25, 0.3) is 0 Å². The topological polar surface area (TPSA) is 12.0 Å². The summed E-state index contributed by atoms with van der Waals surface area (Å²) in [6, 6.07) is 0. The van der Waals surface area contributed by atoms with Crippen molar-refractivity contribution in [3.05, 3.63) is 0 Å². The molecule has 1 N–H and O–H groups in total. The first-order chi connectivity index (χ1) is 5.45. The average molecular weight is 189 g/mol. The number of hydrogen-bond acceptors (Lipinski definition) is 3. The van der Waals surface area contributed by atoms with Crippen LogP contribution in [0.1, 0.15) is 25.7 Å². The largest absolute Gasteiger partial charge is 0.294 e. The maximum atomic E-state index is 3.70. The van der Waals surface area contributed by atoms with Crippen LogP contribution in [0.5, 0.6) is 0 Å². The highest BCUT2D eigenvalue weighted by Crippen LogP contribution is 2.29. The highest BCUT2D eigenvalue weighted by Gasteiger charge is 2.21. The van der Waals surface area contributed by atoms with E-state index >= 15 is 0 Å². The molecule has 2 aliphatic heterocycles. The minimum Gasteiger partial charge on any atom is -0.294 e. The first-order valence-corrected chi connectivity index (χ1v) is 6.54. The van der Waals surface area contributed by atoms with E-state index in [1.54, 1.807) is 0 Å². The molecule has 0 bridgehead atoms. The molecule has 2 rings (SSSR count). The van der Waals surface area contributed by atoms with Gasteiger partial charge in [-0.2, -0.15) is 0 Å². The highest BCUT2D eigenvalue weighted by atomic mass is 32.2. The van der Waals surface area contributed by atoms with E-state index in [1.807, 2.05) is 0 Å². The van der Waals surface area contributed by atoms with Gasteiger partial charge in [-0.15, -0.1) is 23.5 Å². The van der Waals surface area contributed by atoms with Crippen molar-refractivity contribution in [1.29, 1.82) is 0 Å². The maximum absolute atomic E-state index is 3.70. The third-order valence-electron chi connectivity index (χ3n) is 2.23. The predicted molar refractivity (Wildman–Crippen MR) is 54.1 cm³/mol. The van der Waals surface area contributed by atoms with Gasteiger partial charge < -0.3 is 0 Å². The molecule has 2 fully saturated rings. The molecule has 2 atom stereocenters. The fraction of sp³-hybridized carbons (Fsp3) is 1.00. The van der Waals surface area contributed by atoms with Crippen molar-refractivity contribution in [3.8, 4) is 0 Å². The molecule has 2 heterocycles. The maximum Gasteiger partial charge on any atom is 0.0540 e. The van der Waals surface area contributed by atoms with Gasteiger partial charge in [0.05, 0.1) is 10.7 Å². The molecule has 3 heteroatoms. The van der Waals surface area contributed by atoms with Gasteiger partial charge in [0, 0.05) is 0 Å². The summed E-state index contributed by atoms with van der Waals surface area (Å²) in [5, 5.41) is 5.27. The Morgan fingerprint density at radius 1 is 0.909 bits per heavy atom. The van der Waals surface area contributed by atoms with Crippen LogP contribution < -0.4 is 5.32 Å². The van der Waals surface area contributed by atoms with Gasteiger partial charge in [-0.1, -0.05) is 0 Å². The Morgan fingerprint density at radius 2 is 1.45 bits per heavy atom. The van der Waals surface area contributed by atoms with Gasteiger partial charge >= 0.3 is 0 Å². The van der Waals surface area contributed by atoms with Crippen molar-refractivity contribution < 1.29 is 0 Å². The van der Waals surface area contributed by atoms with Crippen LogP contribution in [0.4, 0.5) is 0 Å². The summed E-state index contributed by atoms with van der Waals surface area (Å²) >= 11 is 4.21. The molecule has 2 saturated heterocycles. The van der Waals surface area contributed by atoms with E-state index in [9.17, 15) is 0 Å². The van der Waals surface area contributed by atoms with Gasteiger partial charge in [0.1, 0.15) is 0 Å². The zero-order valence-electron chi connectivity index (χ0n) is 6.71. The lowest BCUT2D eigenvalue weighted by atomic mass is 10.3. The molecule has 64 valence electrons. The van der Waals surface area contributed by atoms with E-state index < -0.39 is 0 Å². The van der Waals surface area contributed by atoms with E-state index in [0.29, 0.717) is 0 Å². The van der Waals surface area contributed by atoms with E-state index in [1.165, 1.54) is 37.2 Å². The summed E-state index contributed by atoms with van der Waals surface area (Å²) in [5.74, 6) is 2.74. The van der Waals surface area contributed by atoms with Gasteiger partial charge in [-0.25, -0.2) is 0 Å². The molecule has 0 amide bonds. The fourth-order valence-electron chi connectivity index (χ4n) is 1.63. The Balaban J connectivity index is 1.71. The van der Waals surface area contributed by atoms with Crippen LogP contribution in [-0.2, 0) is 0 Å². The molecule has 0 aromatic carbocycles. The van der Waals surface area contributed by atoms with Gasteiger partial charge in [-0.3, -0.25) is 5.32 Å². The smallest absolute Gasteiger partial charge is 0.0540 e. The van der Waals surface area contributed by atoms with Crippen molar-refractivity contribution in [2.75, 3.05) is 11.5 Å². The first-order valence-electron chi connectivity index (χ1n) is 4.44. The number of rotatable bonds is 2. The number of thioether (sulfide) groups is 2. The quantitative estimate of drug-likeness (QED) is 0.716. The minimum atomic E-state index is 0.783. The Kier molecular flexibility index (Phi) is 3.05. The van der Waals surface area contributed by atoms with Crippen LogP contribution in [0.15, 0.2) is 0 Å². The first kappa shape index (κ1) is 8.27. The summed E-state index contributed by atoms with van der Waals surface area (Å²) in [7, 11) is 0. The molecule has 11 heavy (non-hydrogen) atoms. The number of hydrogen-bond donors (Lipinski definition) is 1. The summed E-state index contributed by atoms with van der Waals surface area (Å²) in [6.07, 6.45) is 5.61. The van der Waals surface area contributed by atoms with Crippen molar-refractivity contribution in [2.45, 2.75) is 36.4 Å². The van der Waals surface area contributed by atoms with Crippen LogP contribution in [-0.4, -0.2) is 22.3 Å². The molecular formula is C8H15NS2. The Morgan fingerprint density at radius 3 is 1.82 bits per heavy atom. The van der Waals surface area contributed by atoms with Crippen molar-refractivity contribution in [1.82, 2.24) is 5.32 Å². The lowest BCUT2D eigenvalue weighted by molar-refractivity contribution is 0.581. The van der Waals surface area contributed by atoms with Crippen molar-refractivity contribution in [2.24, 2.45) is 0 Å². The lowest BCUT2D eigenvalue weighted by Crippen LogP contribution is -2.30. The average Bonchev–Trinajstić information content (AvgIpc) is 2.60. The molecule has 0 saturated carbocycles. The van der Waals surface area contributed by atoms with Crippen LogP contribution in [0.2, 0.25) is 0 Å². The second-order valence-corrected chi connectivity index (χ2v) is 5.79. The number of nitrogens with one attached hydrogen (secondary N) is 1. The Labute approximate surface area is 77.1 Å². The molecule has 2 aliphatic rings. The third-order valence-corrected chi connectivity index (χ3v) is 4.83. The van der Waals surface area contributed by atoms with E-state index in [-0.39, 0.29) is 0 Å². The second-order valence-electron chi connectivity index (χ2n) is 3.17. The van der Waals surface area contributed by atoms with E-state index in [2.05, 4.69) is 28.8 Å². The van der Waals surface area contributed by atoms with Crippen molar-refractivity contribution >= 4 is 23.5 Å². The Hall–Kier alpha value is 0.660. The standard InChI is InChI=1S/C8H15NS2/c1-3-7(10-5-1)9-8-4-2-6-11-8/h7-9H,1-6H2. The summed E-state index contributed by atoms with van der Waals surface area (Å²) in [5.41, 5.74) is 0. The Bertz CT molecular complexity index is 103. The molecule has 0 radical (unpaired) electrons. The third kappa shape index (κ3) is 2.30. The monoisotopic (exact) mass is 189 g/mol. The highest BCUT2D eigenvalue weighted by molar-refractivity contribution is 8.00. The van der Waals surface area contributed by atoms with Crippen molar-refractivity contribution in [3.63, 3.8) is 0 Å². The second kappa shape index (κ2) is 4.06. The zero-order valence-corrected chi connectivity index (χ0v) is 8.35. The molecule has 2 unspecified atom stereocenters. The zero-order chi connectivity index (χ0) is 7.52. The van der Waals surface area contributed by atoms with Gasteiger partial charge in [0.2, 0.25) is 0 Å². The predicted octanol–water partition coefficient (Wildman–Crippen LogP) is 2.28. The van der Waals surface area contributed by atoms with Crippen LogP contribution in [0.3, 0.4) is 0 Å². The summed E-state index contributed by atoms with van der Waals surface area (Å²) in [4.78, 5) is 0. The molecule has 1 nitrogen and oxygen atoms in total. The van der Waals surface area contributed by atoms with E-state index in [4.69, 9.17) is 0 Å². The van der Waals surface area contributed by atoms with E-state index in [0.717, 1.165) is 10.7 Å². The fourth-order valence-corrected chi connectivity index (χ4v) is 4.14. The normalized spacial score (nSPS) is 38.2. The van der Waals surface area contributed by atoms with Crippen LogP contribution >= 0.6 is 23.5 Å². The van der Waals surface area contributed by atoms with Crippen LogP contribution in [0, 0.1) is 0 Å². The summed E-state index contributed by atoms with van der Waals surface area (Å²) < 4.78 is 0. The summed E-state index contributed by atoms with van der Waals surface area (Å²) in [6.45, 7) is 0. The minimum absolute atomic E-state index is 0.783. The molecular weight excluding hydrogens is 174 g/mol.